The molecule has 0 radical (unpaired) electrons. The van der Waals surface area contributed by atoms with Gasteiger partial charge in [0.05, 0.1) is 24.0 Å². The lowest BCUT2D eigenvalue weighted by Crippen LogP contribution is -2.36. The third-order valence-electron chi connectivity index (χ3n) is 3.14. The van der Waals surface area contributed by atoms with Crippen LogP contribution in [-0.4, -0.2) is 46.1 Å². The number of nitrogens with zero attached hydrogens (tertiary/aromatic N) is 3. The first-order chi connectivity index (χ1) is 11.0. The molecule has 0 fully saturated rings. The number of ether oxygens (including phenoxy) is 1. The van der Waals surface area contributed by atoms with E-state index in [0.29, 0.717) is 17.9 Å². The minimum Gasteiger partial charge on any atom is -0.487 e. The lowest BCUT2D eigenvalue weighted by molar-refractivity contribution is -0.127. The second-order valence-electron chi connectivity index (χ2n) is 5.08. The van der Waals surface area contributed by atoms with Crippen LogP contribution < -0.4 is 10.1 Å². The van der Waals surface area contributed by atoms with E-state index in [0.717, 1.165) is 23.1 Å². The maximum Gasteiger partial charge on any atom is 0.251 e. The van der Waals surface area contributed by atoms with Crippen LogP contribution in [0.2, 0.25) is 0 Å². The van der Waals surface area contributed by atoms with Gasteiger partial charge in [0.2, 0.25) is 5.91 Å². The normalized spacial score (nSPS) is 10.2. The second kappa shape index (κ2) is 7.68. The molecule has 0 saturated heterocycles. The molecule has 1 N–H and O–H groups in total. The average Bonchev–Trinajstić information content (AvgIpc) is 2.95. The van der Waals surface area contributed by atoms with Gasteiger partial charge < -0.3 is 15.0 Å². The number of amides is 2. The molecule has 1 heterocycles. The van der Waals surface area contributed by atoms with Crippen molar-refractivity contribution < 1.29 is 14.3 Å². The van der Waals surface area contributed by atoms with Crippen LogP contribution in [-0.2, 0) is 11.4 Å². The first-order valence-corrected chi connectivity index (χ1v) is 7.69. The van der Waals surface area contributed by atoms with Crippen molar-refractivity contribution in [3.05, 3.63) is 41.2 Å². The molecular formula is C15H18N4O3S. The molecule has 0 aliphatic heterocycles. The molecule has 0 saturated carbocycles. The van der Waals surface area contributed by atoms with Crippen LogP contribution in [0.15, 0.2) is 24.3 Å². The van der Waals surface area contributed by atoms with Crippen molar-refractivity contribution in [1.82, 2.24) is 19.0 Å². The molecule has 0 aliphatic carbocycles. The molecule has 7 nitrogen and oxygen atoms in total. The quantitative estimate of drug-likeness (QED) is 0.859. The van der Waals surface area contributed by atoms with Crippen LogP contribution in [0, 0.1) is 6.92 Å². The molecule has 1 aromatic heterocycles. The van der Waals surface area contributed by atoms with E-state index in [2.05, 4.69) is 14.1 Å². The van der Waals surface area contributed by atoms with Crippen LogP contribution >= 0.6 is 11.7 Å². The fourth-order valence-electron chi connectivity index (χ4n) is 1.65. The standard InChI is InChI=1S/C15H18N4O3S/c1-10-13(18-23-17-10)9-22-12-6-4-11(5-7-12)15(21)16-8-14(20)19(2)3/h4-7H,8-9H2,1-3H3,(H,16,21). The summed E-state index contributed by atoms with van der Waals surface area (Å²) in [6.45, 7) is 2.19. The molecule has 1 aromatic carbocycles. The summed E-state index contributed by atoms with van der Waals surface area (Å²) < 4.78 is 13.8. The van der Waals surface area contributed by atoms with E-state index in [1.807, 2.05) is 6.92 Å². The van der Waals surface area contributed by atoms with Crippen molar-refractivity contribution in [2.75, 3.05) is 20.6 Å². The first kappa shape index (κ1) is 16.9. The number of aryl methyl sites for hydroxylation is 1. The van der Waals surface area contributed by atoms with Gasteiger partial charge in [0.15, 0.2) is 0 Å². The number of carbonyl (C=O) groups excluding carboxylic acids is 2. The number of rotatable bonds is 6. The third kappa shape index (κ3) is 4.75. The minimum absolute atomic E-state index is 0.0276. The fourth-order valence-corrected chi connectivity index (χ4v) is 2.20. The van der Waals surface area contributed by atoms with Gasteiger partial charge in [-0.25, -0.2) is 0 Å². The average molecular weight is 334 g/mol. The predicted octanol–water partition coefficient (Wildman–Crippen LogP) is 1.24. The van der Waals surface area contributed by atoms with Crippen molar-refractivity contribution in [1.29, 1.82) is 0 Å². The molecule has 8 heteroatoms. The molecule has 0 aliphatic rings. The highest BCUT2D eigenvalue weighted by atomic mass is 32.1. The Kier molecular flexibility index (Phi) is 5.64. The Labute approximate surface area is 138 Å². The molecule has 0 unspecified atom stereocenters. The summed E-state index contributed by atoms with van der Waals surface area (Å²) in [5, 5.41) is 2.57. The van der Waals surface area contributed by atoms with Crippen molar-refractivity contribution in [3.8, 4) is 5.75 Å². The number of aromatic nitrogens is 2. The van der Waals surface area contributed by atoms with Gasteiger partial charge in [0, 0.05) is 19.7 Å². The summed E-state index contributed by atoms with van der Waals surface area (Å²) in [5.74, 6) is 0.176. The summed E-state index contributed by atoms with van der Waals surface area (Å²) in [5.41, 5.74) is 2.13. The van der Waals surface area contributed by atoms with Gasteiger partial charge in [-0.3, -0.25) is 9.59 Å². The molecule has 2 amide bonds. The number of nitrogens with one attached hydrogen (secondary N) is 1. The van der Waals surface area contributed by atoms with Gasteiger partial charge in [-0.15, -0.1) is 0 Å². The topological polar surface area (TPSA) is 84.4 Å². The van der Waals surface area contributed by atoms with E-state index in [4.69, 9.17) is 4.74 Å². The second-order valence-corrected chi connectivity index (χ2v) is 5.61. The molecule has 2 aromatic rings. The van der Waals surface area contributed by atoms with Crippen molar-refractivity contribution in [3.63, 3.8) is 0 Å². The number of carbonyl (C=O) groups is 2. The molecule has 0 atom stereocenters. The Balaban J connectivity index is 1.87. The Bertz CT molecular complexity index is 682. The van der Waals surface area contributed by atoms with Gasteiger partial charge in [-0.1, -0.05) is 0 Å². The lowest BCUT2D eigenvalue weighted by atomic mass is 10.2. The summed E-state index contributed by atoms with van der Waals surface area (Å²) in [6, 6.07) is 6.71. The van der Waals surface area contributed by atoms with Crippen LogP contribution in [0.5, 0.6) is 5.75 Å². The van der Waals surface area contributed by atoms with Gasteiger partial charge in [-0.05, 0) is 31.2 Å². The van der Waals surface area contributed by atoms with E-state index in [-0.39, 0.29) is 18.4 Å². The lowest BCUT2D eigenvalue weighted by Gasteiger charge is -2.11. The van der Waals surface area contributed by atoms with Crippen LogP contribution in [0.3, 0.4) is 0 Å². The van der Waals surface area contributed by atoms with Crippen molar-refractivity contribution in [2.24, 2.45) is 0 Å². The van der Waals surface area contributed by atoms with Crippen molar-refractivity contribution >= 4 is 23.5 Å². The SMILES string of the molecule is Cc1nsnc1COc1ccc(C(=O)NCC(=O)N(C)C)cc1. The zero-order chi connectivity index (χ0) is 16.8. The van der Waals surface area contributed by atoms with E-state index in [9.17, 15) is 9.59 Å². The summed E-state index contributed by atoms with van der Waals surface area (Å²) >= 11 is 1.15. The number of hydrogen-bond acceptors (Lipinski definition) is 6. The monoisotopic (exact) mass is 334 g/mol. The number of hydrogen-bond donors (Lipinski definition) is 1. The molecule has 122 valence electrons. The van der Waals surface area contributed by atoms with E-state index < -0.39 is 0 Å². The Morgan fingerprint density at radius 3 is 2.48 bits per heavy atom. The van der Waals surface area contributed by atoms with Crippen LogP contribution in [0.1, 0.15) is 21.7 Å². The molecule has 23 heavy (non-hydrogen) atoms. The highest BCUT2D eigenvalue weighted by Gasteiger charge is 2.10. The summed E-state index contributed by atoms with van der Waals surface area (Å²) in [6.07, 6.45) is 0. The van der Waals surface area contributed by atoms with Crippen LogP contribution in [0.4, 0.5) is 0 Å². The molecule has 0 bridgehead atoms. The van der Waals surface area contributed by atoms with Gasteiger partial charge in [0.25, 0.3) is 5.91 Å². The highest BCUT2D eigenvalue weighted by molar-refractivity contribution is 6.99. The van der Waals surface area contributed by atoms with Crippen LogP contribution in [0.25, 0.3) is 0 Å². The van der Waals surface area contributed by atoms with Gasteiger partial charge in [0.1, 0.15) is 18.1 Å². The van der Waals surface area contributed by atoms with Gasteiger partial charge in [-0.2, -0.15) is 8.75 Å². The maximum atomic E-state index is 11.9. The zero-order valence-corrected chi connectivity index (χ0v) is 14.0. The maximum absolute atomic E-state index is 11.9. The summed E-state index contributed by atoms with van der Waals surface area (Å²) in [7, 11) is 3.28. The number of benzene rings is 1. The van der Waals surface area contributed by atoms with Gasteiger partial charge >= 0.3 is 0 Å². The highest BCUT2D eigenvalue weighted by Crippen LogP contribution is 2.15. The fraction of sp³-hybridized carbons (Fsp3) is 0.333. The van der Waals surface area contributed by atoms with E-state index in [1.54, 1.807) is 38.4 Å². The Hall–Kier alpha value is -2.48. The molecule has 0 spiro atoms. The van der Waals surface area contributed by atoms with E-state index >= 15 is 0 Å². The molecule has 2 rings (SSSR count). The zero-order valence-electron chi connectivity index (χ0n) is 13.2. The largest absolute Gasteiger partial charge is 0.487 e. The first-order valence-electron chi connectivity index (χ1n) is 6.96. The Morgan fingerprint density at radius 1 is 1.22 bits per heavy atom. The minimum atomic E-state index is -0.300. The predicted molar refractivity (Wildman–Crippen MR) is 86.4 cm³/mol. The summed E-state index contributed by atoms with van der Waals surface area (Å²) in [4.78, 5) is 24.8. The third-order valence-corrected chi connectivity index (χ3v) is 3.79. The molecular weight excluding hydrogens is 316 g/mol. The van der Waals surface area contributed by atoms with Crippen molar-refractivity contribution in [2.45, 2.75) is 13.5 Å². The number of likely N-dealkylation sites (N-methyl/N-ethyl adjacent to an activating group) is 1. The van der Waals surface area contributed by atoms with E-state index in [1.165, 1.54) is 4.90 Å². The Morgan fingerprint density at radius 2 is 1.91 bits per heavy atom. The smallest absolute Gasteiger partial charge is 0.251 e.